The summed E-state index contributed by atoms with van der Waals surface area (Å²) in [6.45, 7) is 2.25. The van der Waals surface area contributed by atoms with Gasteiger partial charge < -0.3 is 10.6 Å². The Kier molecular flexibility index (Phi) is 5.30. The fraction of sp³-hybridized carbons (Fsp3) is 0.357. The van der Waals surface area contributed by atoms with Crippen molar-refractivity contribution in [3.8, 4) is 0 Å². The van der Waals surface area contributed by atoms with Gasteiger partial charge in [0.25, 0.3) is 11.6 Å². The van der Waals surface area contributed by atoms with Crippen molar-refractivity contribution in [1.29, 1.82) is 0 Å². The zero-order chi connectivity index (χ0) is 15.2. The summed E-state index contributed by atoms with van der Waals surface area (Å²) in [5.74, 6) is -0.473. The van der Waals surface area contributed by atoms with Crippen molar-refractivity contribution in [3.63, 3.8) is 0 Å². The van der Waals surface area contributed by atoms with E-state index in [0.717, 1.165) is 25.9 Å². The predicted octanol–water partition coefficient (Wildman–Crippen LogP) is 2.29. The van der Waals surface area contributed by atoms with E-state index in [9.17, 15) is 14.9 Å². The van der Waals surface area contributed by atoms with E-state index in [1.165, 1.54) is 23.8 Å². The third-order valence-corrected chi connectivity index (χ3v) is 3.52. The summed E-state index contributed by atoms with van der Waals surface area (Å²) in [5, 5.41) is 17.1. The van der Waals surface area contributed by atoms with E-state index in [2.05, 4.69) is 16.7 Å². The molecule has 7 heteroatoms. The number of nitro groups is 1. The normalized spacial score (nSPS) is 14.4. The Morgan fingerprint density at radius 1 is 1.48 bits per heavy atom. The molecule has 1 heterocycles. The number of benzene rings is 1. The number of rotatable bonds is 5. The molecule has 0 atom stereocenters. The SMILES string of the molecule is O=C(NCCC1=CCNCC1)c1cc(Cl)ccc1[N+](=O)[O-]. The molecule has 1 aliphatic heterocycles. The highest BCUT2D eigenvalue weighted by Gasteiger charge is 2.20. The van der Waals surface area contributed by atoms with Crippen LogP contribution < -0.4 is 10.6 Å². The second-order valence-corrected chi connectivity index (χ2v) is 5.18. The van der Waals surface area contributed by atoms with E-state index in [4.69, 9.17) is 11.6 Å². The summed E-state index contributed by atoms with van der Waals surface area (Å²) in [5.41, 5.74) is 1.04. The van der Waals surface area contributed by atoms with Crippen LogP contribution in [0, 0.1) is 10.1 Å². The average molecular weight is 310 g/mol. The van der Waals surface area contributed by atoms with Gasteiger partial charge in [-0.15, -0.1) is 0 Å². The molecule has 0 aromatic heterocycles. The van der Waals surface area contributed by atoms with Crippen molar-refractivity contribution < 1.29 is 9.72 Å². The standard InChI is InChI=1S/C14H16ClN3O3/c15-11-1-2-13(18(20)21)12(9-11)14(19)17-8-5-10-3-6-16-7-4-10/h1-3,9,16H,4-8H2,(H,17,19). The van der Waals surface area contributed by atoms with Gasteiger partial charge in [0.1, 0.15) is 5.56 Å². The zero-order valence-corrected chi connectivity index (χ0v) is 12.2. The molecule has 0 aliphatic carbocycles. The van der Waals surface area contributed by atoms with Crippen molar-refractivity contribution >= 4 is 23.2 Å². The molecule has 112 valence electrons. The maximum absolute atomic E-state index is 12.1. The first kappa shape index (κ1) is 15.5. The largest absolute Gasteiger partial charge is 0.351 e. The molecule has 2 N–H and O–H groups in total. The number of carbonyl (C=O) groups is 1. The van der Waals surface area contributed by atoms with E-state index in [-0.39, 0.29) is 11.3 Å². The molecule has 1 aromatic carbocycles. The van der Waals surface area contributed by atoms with Crippen LogP contribution in [0.5, 0.6) is 0 Å². The topological polar surface area (TPSA) is 84.3 Å². The number of hydrogen-bond donors (Lipinski definition) is 2. The minimum absolute atomic E-state index is 0.00760. The summed E-state index contributed by atoms with van der Waals surface area (Å²) in [6, 6.07) is 3.96. The highest BCUT2D eigenvalue weighted by atomic mass is 35.5. The Hall–Kier alpha value is -1.92. The Morgan fingerprint density at radius 2 is 2.29 bits per heavy atom. The highest BCUT2D eigenvalue weighted by molar-refractivity contribution is 6.31. The van der Waals surface area contributed by atoms with Gasteiger partial charge in [0.05, 0.1) is 4.92 Å². The molecule has 0 spiro atoms. The van der Waals surface area contributed by atoms with Crippen LogP contribution in [-0.4, -0.2) is 30.5 Å². The van der Waals surface area contributed by atoms with Gasteiger partial charge in [0.2, 0.25) is 0 Å². The Labute approximate surface area is 127 Å². The Morgan fingerprint density at radius 3 is 2.95 bits per heavy atom. The van der Waals surface area contributed by atoms with E-state index in [1.807, 2.05) is 0 Å². The van der Waals surface area contributed by atoms with Crippen molar-refractivity contribution in [2.45, 2.75) is 12.8 Å². The predicted molar refractivity (Wildman–Crippen MR) is 80.6 cm³/mol. The monoisotopic (exact) mass is 309 g/mol. The lowest BCUT2D eigenvalue weighted by molar-refractivity contribution is -0.385. The molecular weight excluding hydrogens is 294 g/mol. The van der Waals surface area contributed by atoms with Crippen LogP contribution in [0.1, 0.15) is 23.2 Å². The minimum Gasteiger partial charge on any atom is -0.351 e. The maximum atomic E-state index is 12.1. The number of halogens is 1. The molecule has 21 heavy (non-hydrogen) atoms. The third kappa shape index (κ3) is 4.27. The molecule has 2 rings (SSSR count). The van der Waals surface area contributed by atoms with Crippen molar-refractivity contribution in [1.82, 2.24) is 10.6 Å². The second kappa shape index (κ2) is 7.19. The third-order valence-electron chi connectivity index (χ3n) is 3.29. The van der Waals surface area contributed by atoms with Gasteiger partial charge in [0.15, 0.2) is 0 Å². The smallest absolute Gasteiger partial charge is 0.282 e. The molecule has 0 saturated heterocycles. The van der Waals surface area contributed by atoms with Crippen LogP contribution in [0.4, 0.5) is 5.69 Å². The minimum atomic E-state index is -0.583. The first-order valence-electron chi connectivity index (χ1n) is 6.68. The molecule has 0 saturated carbocycles. The summed E-state index contributed by atoms with van der Waals surface area (Å²) in [7, 11) is 0. The van der Waals surface area contributed by atoms with Crippen LogP contribution in [0.2, 0.25) is 5.02 Å². The van der Waals surface area contributed by atoms with Gasteiger partial charge >= 0.3 is 0 Å². The van der Waals surface area contributed by atoms with Crippen LogP contribution in [0.25, 0.3) is 0 Å². The number of nitrogens with one attached hydrogen (secondary N) is 2. The molecule has 1 amide bonds. The average Bonchev–Trinajstić information content (AvgIpc) is 2.47. The van der Waals surface area contributed by atoms with Gasteiger partial charge in [-0.3, -0.25) is 14.9 Å². The Balaban J connectivity index is 1.98. The fourth-order valence-electron chi connectivity index (χ4n) is 2.18. The van der Waals surface area contributed by atoms with Crippen LogP contribution in [0.3, 0.4) is 0 Å². The lowest BCUT2D eigenvalue weighted by Gasteiger charge is -2.14. The van der Waals surface area contributed by atoms with Crippen LogP contribution >= 0.6 is 11.6 Å². The van der Waals surface area contributed by atoms with Gasteiger partial charge in [-0.05, 0) is 31.5 Å². The number of carbonyl (C=O) groups excluding carboxylic acids is 1. The molecule has 1 aliphatic rings. The van der Waals surface area contributed by atoms with E-state index < -0.39 is 10.8 Å². The first-order chi connectivity index (χ1) is 10.1. The summed E-state index contributed by atoms with van der Waals surface area (Å²) in [4.78, 5) is 22.4. The molecule has 0 radical (unpaired) electrons. The van der Waals surface area contributed by atoms with Gasteiger partial charge in [0, 0.05) is 24.2 Å². The molecule has 6 nitrogen and oxygen atoms in total. The number of hydrogen-bond acceptors (Lipinski definition) is 4. The summed E-state index contributed by atoms with van der Waals surface area (Å²) >= 11 is 5.80. The van der Waals surface area contributed by atoms with E-state index >= 15 is 0 Å². The van der Waals surface area contributed by atoms with Crippen molar-refractivity contribution in [3.05, 3.63) is 50.5 Å². The lowest BCUT2D eigenvalue weighted by Crippen LogP contribution is -2.27. The van der Waals surface area contributed by atoms with E-state index in [0.29, 0.717) is 11.6 Å². The lowest BCUT2D eigenvalue weighted by atomic mass is 10.1. The molecule has 0 bridgehead atoms. The molecule has 0 unspecified atom stereocenters. The first-order valence-corrected chi connectivity index (χ1v) is 7.06. The summed E-state index contributed by atoms with van der Waals surface area (Å²) in [6.07, 6.45) is 3.83. The maximum Gasteiger partial charge on any atom is 0.282 e. The quantitative estimate of drug-likeness (QED) is 0.496. The van der Waals surface area contributed by atoms with Crippen LogP contribution in [-0.2, 0) is 0 Å². The highest BCUT2D eigenvalue weighted by Crippen LogP contribution is 2.22. The number of nitrogens with zero attached hydrogens (tertiary/aromatic N) is 1. The number of amides is 1. The van der Waals surface area contributed by atoms with Crippen LogP contribution in [0.15, 0.2) is 29.8 Å². The van der Waals surface area contributed by atoms with Gasteiger partial charge in [-0.1, -0.05) is 23.3 Å². The fourth-order valence-corrected chi connectivity index (χ4v) is 2.35. The number of nitro benzene ring substituents is 1. The van der Waals surface area contributed by atoms with Gasteiger partial charge in [-0.25, -0.2) is 0 Å². The second-order valence-electron chi connectivity index (χ2n) is 4.74. The zero-order valence-electron chi connectivity index (χ0n) is 11.4. The molecular formula is C14H16ClN3O3. The van der Waals surface area contributed by atoms with E-state index in [1.54, 1.807) is 0 Å². The molecule has 1 aromatic rings. The molecule has 0 fully saturated rings. The Bertz CT molecular complexity index is 587. The summed E-state index contributed by atoms with van der Waals surface area (Å²) < 4.78 is 0. The van der Waals surface area contributed by atoms with Crippen molar-refractivity contribution in [2.75, 3.05) is 19.6 Å². The van der Waals surface area contributed by atoms with Gasteiger partial charge in [-0.2, -0.15) is 0 Å². The van der Waals surface area contributed by atoms with Crippen molar-refractivity contribution in [2.24, 2.45) is 0 Å².